The molecular weight excluding hydrogens is 378 g/mol. The number of hydrogen-bond donors (Lipinski definition) is 2. The summed E-state index contributed by atoms with van der Waals surface area (Å²) >= 11 is 0. The van der Waals surface area contributed by atoms with Crippen molar-refractivity contribution in [3.05, 3.63) is 35.9 Å². The van der Waals surface area contributed by atoms with E-state index in [0.29, 0.717) is 12.2 Å². The zero-order valence-electron chi connectivity index (χ0n) is 15.2. The van der Waals surface area contributed by atoms with Gasteiger partial charge in [-0.1, -0.05) is 30.3 Å². The van der Waals surface area contributed by atoms with Gasteiger partial charge in [0.25, 0.3) is 0 Å². The van der Waals surface area contributed by atoms with Crippen molar-refractivity contribution in [1.29, 1.82) is 0 Å². The van der Waals surface area contributed by atoms with Crippen LogP contribution in [0.5, 0.6) is 0 Å². The van der Waals surface area contributed by atoms with E-state index in [1.165, 1.54) is 7.11 Å². The molecule has 0 aromatic heterocycles. The minimum absolute atomic E-state index is 0.164. The second kappa shape index (κ2) is 10.3. The van der Waals surface area contributed by atoms with Crippen LogP contribution in [0.3, 0.4) is 0 Å². The van der Waals surface area contributed by atoms with Crippen molar-refractivity contribution in [3.63, 3.8) is 0 Å². The number of methoxy groups -OCH3 is 1. The molecule has 1 saturated heterocycles. The molecule has 2 N–H and O–H groups in total. The molecule has 27 heavy (non-hydrogen) atoms. The van der Waals surface area contributed by atoms with E-state index in [4.69, 9.17) is 23.5 Å². The molecule has 0 amide bonds. The highest BCUT2D eigenvalue weighted by molar-refractivity contribution is 7.70. The quantitative estimate of drug-likeness (QED) is 0.323. The van der Waals surface area contributed by atoms with Gasteiger partial charge in [-0.25, -0.2) is 9.36 Å². The van der Waals surface area contributed by atoms with E-state index in [-0.39, 0.29) is 13.2 Å². The molecule has 1 aromatic carbocycles. The lowest BCUT2D eigenvalue weighted by Crippen LogP contribution is -2.39. The van der Waals surface area contributed by atoms with Gasteiger partial charge in [0.1, 0.15) is 32.8 Å². The van der Waals surface area contributed by atoms with Crippen molar-refractivity contribution in [2.75, 3.05) is 26.9 Å². The van der Waals surface area contributed by atoms with Crippen LogP contribution in [-0.2, 0) is 34.6 Å². The predicted molar refractivity (Wildman–Crippen MR) is 97.2 cm³/mol. The molecule has 2 rings (SSSR count). The second-order valence-electron chi connectivity index (χ2n) is 6.02. The van der Waals surface area contributed by atoms with Crippen molar-refractivity contribution in [3.8, 4) is 0 Å². The molecule has 9 nitrogen and oxygen atoms in total. The third-order valence-electron chi connectivity index (χ3n) is 4.02. The Hall–Kier alpha value is -1.26. The first-order valence-corrected chi connectivity index (χ1v) is 10.1. The first kappa shape index (κ1) is 22.0. The summed E-state index contributed by atoms with van der Waals surface area (Å²) in [4.78, 5) is 22.1. The van der Waals surface area contributed by atoms with Gasteiger partial charge in [-0.15, -0.1) is 0 Å². The first-order valence-electron chi connectivity index (χ1n) is 8.48. The third kappa shape index (κ3) is 6.12. The fraction of sp³-hybridized carbons (Fsp3) is 0.562. The van der Waals surface area contributed by atoms with Crippen molar-refractivity contribution in [2.24, 2.45) is 0 Å². The zero-order chi connectivity index (χ0) is 19.9. The number of aliphatic hydroxyl groups excluding tert-OH is 1. The average Bonchev–Trinajstić information content (AvgIpc) is 2.95. The van der Waals surface area contributed by atoms with E-state index in [2.05, 4.69) is 0 Å². The lowest BCUT2D eigenvalue weighted by atomic mass is 9.93. The molecule has 1 fully saturated rings. The molecule has 3 unspecified atom stereocenters. The molecule has 0 radical (unpaired) electrons. The SMILES string of the molecule is B[C@@H]1O[C@H](CO)C(OP(=O)(O)C(=O)OCc2ccccc2)C1OCCOC. The maximum Gasteiger partial charge on any atom is 0.436 e. The number of benzene rings is 1. The Morgan fingerprint density at radius 2 is 1.96 bits per heavy atom. The number of carbonyl (C=O) groups is 1. The summed E-state index contributed by atoms with van der Waals surface area (Å²) in [7, 11) is -1.60. The predicted octanol–water partition coefficient (Wildman–Crippen LogP) is 0.276. The monoisotopic (exact) mass is 402 g/mol. The summed E-state index contributed by atoms with van der Waals surface area (Å²) in [5.74, 6) is 0. The van der Waals surface area contributed by atoms with Gasteiger partial charge in [0.2, 0.25) is 0 Å². The fourth-order valence-electron chi connectivity index (χ4n) is 2.69. The Balaban J connectivity index is 2.00. The summed E-state index contributed by atoms with van der Waals surface area (Å²) in [5.41, 5.74) is -0.712. The third-order valence-corrected chi connectivity index (χ3v) is 5.14. The normalized spacial score (nSPS) is 27.2. The van der Waals surface area contributed by atoms with Gasteiger partial charge in [-0.2, -0.15) is 0 Å². The van der Waals surface area contributed by atoms with Gasteiger partial charge >= 0.3 is 13.3 Å². The van der Waals surface area contributed by atoms with Crippen LogP contribution in [0.25, 0.3) is 0 Å². The number of ether oxygens (including phenoxy) is 4. The highest BCUT2D eigenvalue weighted by Crippen LogP contribution is 2.48. The van der Waals surface area contributed by atoms with Crippen LogP contribution in [0.15, 0.2) is 30.3 Å². The second-order valence-corrected chi connectivity index (χ2v) is 7.64. The lowest BCUT2D eigenvalue weighted by Gasteiger charge is -2.25. The summed E-state index contributed by atoms with van der Waals surface area (Å²) in [5, 5.41) is 9.46. The van der Waals surface area contributed by atoms with Gasteiger partial charge in [-0.3, -0.25) is 4.52 Å². The molecule has 1 aliphatic rings. The van der Waals surface area contributed by atoms with Crippen LogP contribution in [0, 0.1) is 0 Å². The van der Waals surface area contributed by atoms with Crippen LogP contribution in [-0.4, -0.2) is 74.8 Å². The molecule has 0 aliphatic carbocycles. The highest BCUT2D eigenvalue weighted by Gasteiger charge is 2.49. The first-order chi connectivity index (χ1) is 12.9. The van der Waals surface area contributed by atoms with Gasteiger partial charge in [0.15, 0.2) is 0 Å². The van der Waals surface area contributed by atoms with E-state index in [1.807, 2.05) is 0 Å². The van der Waals surface area contributed by atoms with Crippen LogP contribution in [0.1, 0.15) is 5.56 Å². The maximum absolute atomic E-state index is 12.4. The molecule has 150 valence electrons. The summed E-state index contributed by atoms with van der Waals surface area (Å²) in [6.07, 6.45) is -2.77. The minimum atomic E-state index is -4.79. The van der Waals surface area contributed by atoms with Crippen LogP contribution in [0.4, 0.5) is 4.79 Å². The van der Waals surface area contributed by atoms with E-state index in [9.17, 15) is 19.4 Å². The van der Waals surface area contributed by atoms with Crippen LogP contribution < -0.4 is 0 Å². The molecule has 11 heteroatoms. The van der Waals surface area contributed by atoms with Crippen molar-refractivity contribution >= 4 is 21.2 Å². The molecule has 0 bridgehead atoms. The molecule has 1 heterocycles. The Bertz CT molecular complexity index is 644. The lowest BCUT2D eigenvalue weighted by molar-refractivity contribution is -0.0345. The van der Waals surface area contributed by atoms with Crippen molar-refractivity contribution < 1.29 is 42.8 Å². The molecular formula is C16H24BO9P. The number of aliphatic hydroxyl groups is 1. The van der Waals surface area contributed by atoms with E-state index < -0.39 is 44.2 Å². The summed E-state index contributed by atoms with van der Waals surface area (Å²) < 4.78 is 38.4. The fourth-order valence-corrected chi connectivity index (χ4v) is 3.59. The van der Waals surface area contributed by atoms with E-state index in [0.717, 1.165) is 0 Å². The van der Waals surface area contributed by atoms with Gasteiger partial charge in [-0.05, 0) is 5.56 Å². The smallest absolute Gasteiger partial charge is 0.436 e. The summed E-state index contributed by atoms with van der Waals surface area (Å²) in [6, 6.07) is 8.22. The maximum atomic E-state index is 12.4. The molecule has 0 saturated carbocycles. The Kier molecular flexibility index (Phi) is 8.43. The topological polar surface area (TPSA) is 121 Å². The Labute approximate surface area is 158 Å². The number of hydrogen-bond acceptors (Lipinski definition) is 8. The summed E-state index contributed by atoms with van der Waals surface area (Å²) in [6.45, 7) is -0.128. The van der Waals surface area contributed by atoms with Crippen molar-refractivity contribution in [2.45, 2.75) is 30.9 Å². The molecule has 0 spiro atoms. The minimum Gasteiger partial charge on any atom is -0.452 e. The van der Waals surface area contributed by atoms with Crippen molar-refractivity contribution in [1.82, 2.24) is 0 Å². The molecule has 1 aromatic rings. The van der Waals surface area contributed by atoms with Crippen LogP contribution in [0.2, 0.25) is 0 Å². The van der Waals surface area contributed by atoms with E-state index in [1.54, 1.807) is 38.2 Å². The zero-order valence-corrected chi connectivity index (χ0v) is 16.1. The highest BCUT2D eigenvalue weighted by atomic mass is 31.2. The Morgan fingerprint density at radius 3 is 2.59 bits per heavy atom. The largest absolute Gasteiger partial charge is 0.452 e. The van der Waals surface area contributed by atoms with Gasteiger partial charge in [0.05, 0.1) is 25.8 Å². The molecule has 1 aliphatic heterocycles. The van der Waals surface area contributed by atoms with Gasteiger partial charge in [0, 0.05) is 7.11 Å². The van der Waals surface area contributed by atoms with Gasteiger partial charge < -0.3 is 28.9 Å². The molecule has 5 atom stereocenters. The standard InChI is InChI=1S/C16H24BO9P/c1-22-7-8-23-14-13(12(9-18)25-15(14)17)26-27(20,21)16(19)24-10-11-5-3-2-4-6-11/h2-6,12-15,18H,7-10,17H2,1H3,(H,20,21)/t12-,13?,14?,15-/m1/s1. The average molecular weight is 402 g/mol. The number of carbonyl (C=O) groups excluding carboxylic acids is 1. The Morgan fingerprint density at radius 1 is 1.26 bits per heavy atom. The van der Waals surface area contributed by atoms with Crippen LogP contribution >= 0.6 is 7.60 Å². The number of rotatable bonds is 10. The van der Waals surface area contributed by atoms with E-state index >= 15 is 0 Å².